The lowest BCUT2D eigenvalue weighted by Crippen LogP contribution is -1.93. The molecule has 0 amide bonds. The molecular formula is C8H7FNO2. The summed E-state index contributed by atoms with van der Waals surface area (Å²) in [5.41, 5.74) is 0.158. The van der Waals surface area contributed by atoms with Crippen LogP contribution in [0.4, 0.5) is 10.1 Å². The van der Waals surface area contributed by atoms with Gasteiger partial charge in [0.2, 0.25) is 5.82 Å². The van der Waals surface area contributed by atoms with Gasteiger partial charge in [-0.15, -0.1) is 0 Å². The van der Waals surface area contributed by atoms with Crippen molar-refractivity contribution in [2.24, 2.45) is 0 Å². The molecule has 0 aliphatic carbocycles. The van der Waals surface area contributed by atoms with Crippen molar-refractivity contribution in [2.45, 2.75) is 6.42 Å². The zero-order chi connectivity index (χ0) is 9.14. The Hall–Kier alpha value is -1.45. The predicted octanol–water partition coefficient (Wildman–Crippen LogP) is 2.11. The molecule has 0 aliphatic rings. The number of hydrogen-bond acceptors (Lipinski definition) is 2. The first-order valence-corrected chi connectivity index (χ1v) is 3.37. The van der Waals surface area contributed by atoms with Crippen LogP contribution in [0, 0.1) is 22.9 Å². The number of rotatable bonds is 2. The fourth-order valence-electron chi connectivity index (χ4n) is 0.854. The maximum Gasteiger partial charge on any atom is 0.304 e. The molecule has 0 heterocycles. The van der Waals surface area contributed by atoms with Crippen molar-refractivity contribution in [1.82, 2.24) is 0 Å². The summed E-state index contributed by atoms with van der Waals surface area (Å²) in [5.74, 6) is -0.804. The van der Waals surface area contributed by atoms with Gasteiger partial charge in [-0.05, 0) is 25.0 Å². The Morgan fingerprint density at radius 2 is 2.25 bits per heavy atom. The lowest BCUT2D eigenvalue weighted by Gasteiger charge is -1.96. The van der Waals surface area contributed by atoms with E-state index in [2.05, 4.69) is 6.92 Å². The van der Waals surface area contributed by atoms with Crippen molar-refractivity contribution < 1.29 is 9.31 Å². The molecule has 1 aromatic carbocycles. The molecule has 0 fully saturated rings. The van der Waals surface area contributed by atoms with E-state index in [4.69, 9.17) is 0 Å². The topological polar surface area (TPSA) is 43.1 Å². The van der Waals surface area contributed by atoms with Crippen LogP contribution in [-0.4, -0.2) is 4.92 Å². The molecule has 0 aliphatic heterocycles. The molecule has 0 unspecified atom stereocenters. The summed E-state index contributed by atoms with van der Waals surface area (Å²) in [5, 5.41) is 10.2. The van der Waals surface area contributed by atoms with E-state index in [1.54, 1.807) is 0 Å². The van der Waals surface area contributed by atoms with Gasteiger partial charge in [-0.1, -0.05) is 6.07 Å². The highest BCUT2D eigenvalue weighted by Gasteiger charge is 2.12. The number of benzene rings is 1. The highest BCUT2D eigenvalue weighted by atomic mass is 19.1. The third-order valence-electron chi connectivity index (χ3n) is 1.50. The number of nitro groups is 1. The average molecular weight is 168 g/mol. The molecule has 12 heavy (non-hydrogen) atoms. The van der Waals surface area contributed by atoms with Crippen molar-refractivity contribution in [3.05, 3.63) is 46.6 Å². The summed E-state index contributed by atoms with van der Waals surface area (Å²) in [6.07, 6.45) is 0.426. The summed E-state index contributed by atoms with van der Waals surface area (Å²) in [7, 11) is 0. The van der Waals surface area contributed by atoms with Gasteiger partial charge in [0, 0.05) is 6.07 Å². The highest BCUT2D eigenvalue weighted by molar-refractivity contribution is 5.35. The average Bonchev–Trinajstić information content (AvgIpc) is 2.03. The lowest BCUT2D eigenvalue weighted by atomic mass is 10.1. The minimum absolute atomic E-state index is 0.426. The largest absolute Gasteiger partial charge is 0.304 e. The molecule has 1 aromatic rings. The van der Waals surface area contributed by atoms with Crippen molar-refractivity contribution >= 4 is 5.69 Å². The monoisotopic (exact) mass is 168 g/mol. The third-order valence-corrected chi connectivity index (χ3v) is 1.50. The van der Waals surface area contributed by atoms with Crippen LogP contribution in [0.15, 0.2) is 18.2 Å². The zero-order valence-electron chi connectivity index (χ0n) is 6.29. The molecule has 0 aromatic heterocycles. The SMILES string of the molecule is [CH2]Cc1ccc([N+](=O)[O-])c(F)c1. The molecule has 0 bridgehead atoms. The van der Waals surface area contributed by atoms with Crippen LogP contribution in [0.2, 0.25) is 0 Å². The van der Waals surface area contributed by atoms with Crippen LogP contribution in [0.3, 0.4) is 0 Å². The molecule has 1 radical (unpaired) electrons. The first kappa shape index (κ1) is 8.64. The van der Waals surface area contributed by atoms with Gasteiger partial charge in [-0.3, -0.25) is 10.1 Å². The summed E-state index contributed by atoms with van der Waals surface area (Å²) < 4.78 is 12.8. The quantitative estimate of drug-likeness (QED) is 0.501. The molecule has 0 saturated heterocycles. The fourth-order valence-corrected chi connectivity index (χ4v) is 0.854. The zero-order valence-corrected chi connectivity index (χ0v) is 6.29. The number of nitrogens with zero attached hydrogens (tertiary/aromatic N) is 1. The van der Waals surface area contributed by atoms with E-state index >= 15 is 0 Å². The van der Waals surface area contributed by atoms with Crippen molar-refractivity contribution in [3.63, 3.8) is 0 Å². The molecule has 3 nitrogen and oxygen atoms in total. The Balaban J connectivity index is 3.12. The Kier molecular flexibility index (Phi) is 2.38. The van der Waals surface area contributed by atoms with Crippen LogP contribution >= 0.6 is 0 Å². The van der Waals surface area contributed by atoms with Crippen molar-refractivity contribution in [3.8, 4) is 0 Å². The van der Waals surface area contributed by atoms with Crippen molar-refractivity contribution in [1.29, 1.82) is 0 Å². The second-order valence-electron chi connectivity index (χ2n) is 2.29. The molecular weight excluding hydrogens is 161 g/mol. The van der Waals surface area contributed by atoms with Crippen LogP contribution in [0.5, 0.6) is 0 Å². The van der Waals surface area contributed by atoms with Gasteiger partial charge in [0.25, 0.3) is 0 Å². The summed E-state index contributed by atoms with van der Waals surface area (Å²) in [4.78, 5) is 9.42. The van der Waals surface area contributed by atoms with Crippen LogP contribution in [0.25, 0.3) is 0 Å². The van der Waals surface area contributed by atoms with E-state index < -0.39 is 16.4 Å². The maximum atomic E-state index is 12.8. The van der Waals surface area contributed by atoms with Crippen LogP contribution in [0.1, 0.15) is 5.56 Å². The first-order chi connectivity index (χ1) is 5.65. The van der Waals surface area contributed by atoms with E-state index in [1.807, 2.05) is 0 Å². The van der Waals surface area contributed by atoms with Gasteiger partial charge in [-0.25, -0.2) is 0 Å². The number of nitro benzene ring substituents is 1. The minimum atomic E-state index is -0.804. The minimum Gasteiger partial charge on any atom is -0.258 e. The normalized spacial score (nSPS) is 9.83. The van der Waals surface area contributed by atoms with E-state index in [9.17, 15) is 14.5 Å². The highest BCUT2D eigenvalue weighted by Crippen LogP contribution is 2.17. The molecule has 0 saturated carbocycles. The van der Waals surface area contributed by atoms with Gasteiger partial charge < -0.3 is 0 Å². The van der Waals surface area contributed by atoms with E-state index in [0.29, 0.717) is 12.0 Å². The van der Waals surface area contributed by atoms with Gasteiger partial charge in [0.1, 0.15) is 0 Å². The van der Waals surface area contributed by atoms with Crippen LogP contribution < -0.4 is 0 Å². The Labute approximate surface area is 69.0 Å². The Bertz CT molecular complexity index is 312. The first-order valence-electron chi connectivity index (χ1n) is 3.37. The Morgan fingerprint density at radius 1 is 1.58 bits per heavy atom. The standard InChI is InChI=1S/C8H7FNO2/c1-2-6-3-4-8(10(11)12)7(9)5-6/h3-5H,1-2H2. The molecule has 4 heteroatoms. The second-order valence-corrected chi connectivity index (χ2v) is 2.29. The van der Waals surface area contributed by atoms with E-state index in [1.165, 1.54) is 6.07 Å². The third kappa shape index (κ3) is 1.58. The van der Waals surface area contributed by atoms with Crippen LogP contribution in [-0.2, 0) is 6.42 Å². The molecule has 0 atom stereocenters. The van der Waals surface area contributed by atoms with E-state index in [-0.39, 0.29) is 0 Å². The van der Waals surface area contributed by atoms with Crippen molar-refractivity contribution in [2.75, 3.05) is 0 Å². The van der Waals surface area contributed by atoms with E-state index in [0.717, 1.165) is 12.1 Å². The fraction of sp³-hybridized carbons (Fsp3) is 0.125. The predicted molar refractivity (Wildman–Crippen MR) is 42.1 cm³/mol. The summed E-state index contributed by atoms with van der Waals surface area (Å²) in [6.45, 7) is 3.54. The summed E-state index contributed by atoms with van der Waals surface area (Å²) >= 11 is 0. The lowest BCUT2D eigenvalue weighted by molar-refractivity contribution is -0.387. The molecule has 0 N–H and O–H groups in total. The smallest absolute Gasteiger partial charge is 0.258 e. The second kappa shape index (κ2) is 3.30. The Morgan fingerprint density at radius 3 is 2.67 bits per heavy atom. The molecule has 0 spiro atoms. The van der Waals surface area contributed by atoms with Gasteiger partial charge in [0.05, 0.1) is 4.92 Å². The van der Waals surface area contributed by atoms with Gasteiger partial charge >= 0.3 is 5.69 Å². The number of hydrogen-bond donors (Lipinski definition) is 0. The number of halogens is 1. The summed E-state index contributed by atoms with van der Waals surface area (Å²) in [6, 6.07) is 3.77. The molecule has 63 valence electrons. The van der Waals surface area contributed by atoms with Gasteiger partial charge in [0.15, 0.2) is 0 Å². The molecule has 1 rings (SSSR count). The maximum absolute atomic E-state index is 12.8. The van der Waals surface area contributed by atoms with Gasteiger partial charge in [-0.2, -0.15) is 4.39 Å².